The molecule has 1 aromatic heterocycles. The van der Waals surface area contributed by atoms with Crippen LogP contribution in [-0.2, 0) is 17.6 Å². The van der Waals surface area contributed by atoms with Gasteiger partial charge in [0.1, 0.15) is 0 Å². The monoisotopic (exact) mass is 295 g/mol. The summed E-state index contributed by atoms with van der Waals surface area (Å²) in [6, 6.07) is 10.5. The van der Waals surface area contributed by atoms with E-state index in [-0.39, 0.29) is 5.97 Å². The van der Waals surface area contributed by atoms with E-state index in [0.717, 1.165) is 18.4 Å². The fourth-order valence-electron chi connectivity index (χ4n) is 3.42. The van der Waals surface area contributed by atoms with Crippen molar-refractivity contribution in [2.45, 2.75) is 38.0 Å². The van der Waals surface area contributed by atoms with E-state index in [2.05, 4.69) is 29.2 Å². The molecule has 0 spiro atoms. The maximum Gasteiger partial charge on any atom is 0.338 e. The zero-order valence-corrected chi connectivity index (χ0v) is 12.9. The number of aryl methyl sites for hydroxylation is 2. The zero-order valence-electron chi connectivity index (χ0n) is 12.9. The molecule has 2 aromatic rings. The van der Waals surface area contributed by atoms with Gasteiger partial charge >= 0.3 is 5.97 Å². The fourth-order valence-corrected chi connectivity index (χ4v) is 3.42. The minimum Gasteiger partial charge on any atom is -0.465 e. The van der Waals surface area contributed by atoms with E-state index in [4.69, 9.17) is 4.74 Å². The molecule has 1 aliphatic carbocycles. The number of aromatic nitrogens is 1. The summed E-state index contributed by atoms with van der Waals surface area (Å²) in [4.78, 5) is 16.0. The molecule has 0 N–H and O–H groups in total. The molecular formula is C19H21NO2. The lowest BCUT2D eigenvalue weighted by Crippen LogP contribution is -2.12. The number of fused-ring (bicyclic) bond motifs is 1. The Labute approximate surface area is 131 Å². The number of nitrogens with zero attached hydrogens (tertiary/aromatic N) is 1. The summed E-state index contributed by atoms with van der Waals surface area (Å²) in [5.74, 6) is 0.303. The third-order valence-corrected chi connectivity index (χ3v) is 4.56. The summed E-state index contributed by atoms with van der Waals surface area (Å²) in [6.07, 6.45) is 9.01. The van der Waals surface area contributed by atoms with E-state index in [1.807, 2.05) is 0 Å². The maximum absolute atomic E-state index is 11.8. The Hall–Kier alpha value is -2.16. The molecule has 0 unspecified atom stereocenters. The Morgan fingerprint density at radius 2 is 2.18 bits per heavy atom. The van der Waals surface area contributed by atoms with Gasteiger partial charge in [-0.1, -0.05) is 24.3 Å². The SMILES string of the molecule is COC(=O)c1ccncc1CC[C@@H]1CCCc2ccccc21. The van der Waals surface area contributed by atoms with Crippen molar-refractivity contribution in [3.8, 4) is 0 Å². The van der Waals surface area contributed by atoms with Gasteiger partial charge in [0.15, 0.2) is 0 Å². The van der Waals surface area contributed by atoms with Gasteiger partial charge in [-0.05, 0) is 60.8 Å². The highest BCUT2D eigenvalue weighted by molar-refractivity contribution is 5.90. The van der Waals surface area contributed by atoms with Gasteiger partial charge in [0.25, 0.3) is 0 Å². The summed E-state index contributed by atoms with van der Waals surface area (Å²) in [5.41, 5.74) is 4.59. The molecule has 1 atom stereocenters. The number of esters is 1. The molecule has 1 aliphatic rings. The molecule has 3 heteroatoms. The van der Waals surface area contributed by atoms with Crippen LogP contribution in [0.1, 0.15) is 52.2 Å². The first-order valence-corrected chi connectivity index (χ1v) is 7.88. The van der Waals surface area contributed by atoms with Gasteiger partial charge < -0.3 is 4.74 Å². The minimum atomic E-state index is -0.276. The first-order chi connectivity index (χ1) is 10.8. The second kappa shape index (κ2) is 6.73. The van der Waals surface area contributed by atoms with E-state index in [1.165, 1.54) is 37.5 Å². The number of pyridine rings is 1. The highest BCUT2D eigenvalue weighted by Crippen LogP contribution is 2.34. The van der Waals surface area contributed by atoms with Gasteiger partial charge in [-0.25, -0.2) is 4.79 Å². The fraction of sp³-hybridized carbons (Fsp3) is 0.368. The predicted molar refractivity (Wildman–Crippen MR) is 86.0 cm³/mol. The highest BCUT2D eigenvalue weighted by Gasteiger charge is 2.20. The summed E-state index contributed by atoms with van der Waals surface area (Å²) < 4.78 is 4.86. The number of hydrogen-bond acceptors (Lipinski definition) is 3. The van der Waals surface area contributed by atoms with Crippen molar-refractivity contribution in [1.29, 1.82) is 0 Å². The maximum atomic E-state index is 11.8. The number of carbonyl (C=O) groups is 1. The average molecular weight is 295 g/mol. The van der Waals surface area contributed by atoms with Crippen LogP contribution in [0.3, 0.4) is 0 Å². The molecule has 0 saturated carbocycles. The topological polar surface area (TPSA) is 39.2 Å². The second-order valence-electron chi connectivity index (χ2n) is 5.85. The highest BCUT2D eigenvalue weighted by atomic mass is 16.5. The second-order valence-corrected chi connectivity index (χ2v) is 5.85. The average Bonchev–Trinajstić information content (AvgIpc) is 2.59. The number of hydrogen-bond donors (Lipinski definition) is 0. The molecule has 1 aromatic carbocycles. The Bertz CT molecular complexity index is 666. The summed E-state index contributed by atoms with van der Waals surface area (Å²) in [6.45, 7) is 0. The van der Waals surface area contributed by atoms with Gasteiger partial charge in [0.2, 0.25) is 0 Å². The first kappa shape index (κ1) is 14.8. The molecule has 22 heavy (non-hydrogen) atoms. The quantitative estimate of drug-likeness (QED) is 0.802. The van der Waals surface area contributed by atoms with E-state index in [1.54, 1.807) is 18.5 Å². The number of rotatable bonds is 4. The molecule has 3 nitrogen and oxygen atoms in total. The number of methoxy groups -OCH3 is 1. The van der Waals surface area contributed by atoms with Crippen molar-refractivity contribution in [3.63, 3.8) is 0 Å². The molecule has 0 amide bonds. The largest absolute Gasteiger partial charge is 0.465 e. The van der Waals surface area contributed by atoms with Crippen LogP contribution >= 0.6 is 0 Å². The molecule has 0 bridgehead atoms. The van der Waals surface area contributed by atoms with Gasteiger partial charge in [-0.3, -0.25) is 4.98 Å². The van der Waals surface area contributed by atoms with E-state index in [0.29, 0.717) is 11.5 Å². The lowest BCUT2D eigenvalue weighted by molar-refractivity contribution is 0.0599. The number of ether oxygens (including phenoxy) is 1. The molecule has 0 aliphatic heterocycles. The summed E-state index contributed by atoms with van der Waals surface area (Å²) in [7, 11) is 1.42. The van der Waals surface area contributed by atoms with Gasteiger partial charge in [-0.15, -0.1) is 0 Å². The van der Waals surface area contributed by atoms with E-state index >= 15 is 0 Å². The Balaban J connectivity index is 1.76. The van der Waals surface area contributed by atoms with E-state index < -0.39 is 0 Å². The van der Waals surface area contributed by atoms with Crippen molar-refractivity contribution < 1.29 is 9.53 Å². The molecule has 114 valence electrons. The van der Waals surface area contributed by atoms with Crippen molar-refractivity contribution in [2.24, 2.45) is 0 Å². The molecule has 0 fully saturated rings. The van der Waals surface area contributed by atoms with Crippen molar-refractivity contribution in [3.05, 3.63) is 65.0 Å². The lowest BCUT2D eigenvalue weighted by atomic mass is 9.80. The summed E-state index contributed by atoms with van der Waals surface area (Å²) in [5, 5.41) is 0. The van der Waals surface area contributed by atoms with Crippen LogP contribution < -0.4 is 0 Å². The number of benzene rings is 1. The van der Waals surface area contributed by atoms with Gasteiger partial charge in [0, 0.05) is 12.4 Å². The number of carbonyl (C=O) groups excluding carboxylic acids is 1. The third kappa shape index (κ3) is 3.03. The molecule has 1 heterocycles. The van der Waals surface area contributed by atoms with Crippen molar-refractivity contribution >= 4 is 5.97 Å². The molecular weight excluding hydrogens is 274 g/mol. The Morgan fingerprint density at radius 1 is 1.32 bits per heavy atom. The molecule has 0 radical (unpaired) electrons. The lowest BCUT2D eigenvalue weighted by Gasteiger charge is -2.25. The molecule has 0 saturated heterocycles. The Kier molecular flexibility index (Phi) is 4.52. The third-order valence-electron chi connectivity index (χ3n) is 4.56. The summed E-state index contributed by atoms with van der Waals surface area (Å²) >= 11 is 0. The van der Waals surface area contributed by atoms with E-state index in [9.17, 15) is 4.79 Å². The van der Waals surface area contributed by atoms with Gasteiger partial charge in [0.05, 0.1) is 12.7 Å². The van der Waals surface area contributed by atoms with Gasteiger partial charge in [-0.2, -0.15) is 0 Å². The van der Waals surface area contributed by atoms with Crippen molar-refractivity contribution in [2.75, 3.05) is 7.11 Å². The standard InChI is InChI=1S/C19H21NO2/c1-22-19(21)18-11-12-20-13-16(18)10-9-15-7-4-6-14-5-2-3-8-17(14)15/h2-3,5,8,11-13,15H,4,6-7,9-10H2,1H3/t15-/m0/s1. The smallest absolute Gasteiger partial charge is 0.338 e. The minimum absolute atomic E-state index is 0.276. The van der Waals surface area contributed by atoms with Crippen LogP contribution in [-0.4, -0.2) is 18.1 Å². The van der Waals surface area contributed by atoms with Crippen LogP contribution in [0.4, 0.5) is 0 Å². The normalized spacial score (nSPS) is 16.9. The van der Waals surface area contributed by atoms with Crippen LogP contribution in [0.5, 0.6) is 0 Å². The zero-order chi connectivity index (χ0) is 15.4. The van der Waals surface area contributed by atoms with Crippen LogP contribution in [0.15, 0.2) is 42.7 Å². The Morgan fingerprint density at radius 3 is 3.05 bits per heavy atom. The predicted octanol–water partition coefficient (Wildman–Crippen LogP) is 3.92. The molecule has 3 rings (SSSR count). The van der Waals surface area contributed by atoms with Crippen LogP contribution in [0.25, 0.3) is 0 Å². The van der Waals surface area contributed by atoms with Crippen LogP contribution in [0.2, 0.25) is 0 Å². The van der Waals surface area contributed by atoms with Crippen molar-refractivity contribution in [1.82, 2.24) is 4.98 Å². The van der Waals surface area contributed by atoms with Crippen LogP contribution in [0, 0.1) is 0 Å². The first-order valence-electron chi connectivity index (χ1n) is 7.88.